The minimum absolute atomic E-state index is 0.312. The average molecular weight is 602 g/mol. The van der Waals surface area contributed by atoms with E-state index in [4.69, 9.17) is 14.2 Å². The number of nitrogens with zero attached hydrogens (tertiary/aromatic N) is 2. The second kappa shape index (κ2) is 13.2. The third-order valence-electron chi connectivity index (χ3n) is 5.96. The van der Waals surface area contributed by atoms with Crippen LogP contribution in [0.25, 0.3) is 0 Å². The van der Waals surface area contributed by atoms with E-state index in [0.717, 1.165) is 24.3 Å². The van der Waals surface area contributed by atoms with Crippen molar-refractivity contribution < 1.29 is 59.6 Å². The maximum absolute atomic E-state index is 14.3. The average Bonchev–Trinajstić information content (AvgIpc) is 2.96. The highest BCUT2D eigenvalue weighted by atomic mass is 19.4. The van der Waals surface area contributed by atoms with Gasteiger partial charge in [-0.05, 0) is 6.07 Å². The molecule has 3 rings (SSSR count). The van der Waals surface area contributed by atoms with Gasteiger partial charge in [-0.2, -0.15) is 26.3 Å². The molecule has 3 aromatic rings. The Morgan fingerprint density at radius 2 is 1.14 bits per heavy atom. The van der Waals surface area contributed by atoms with Gasteiger partial charge in [-0.3, -0.25) is 0 Å². The van der Waals surface area contributed by atoms with Gasteiger partial charge in [0.15, 0.2) is 6.10 Å². The quantitative estimate of drug-likeness (QED) is 0.219. The Kier molecular flexibility index (Phi) is 10.1. The van der Waals surface area contributed by atoms with E-state index in [-0.39, 0.29) is 6.01 Å². The second-order valence-corrected chi connectivity index (χ2v) is 8.47. The maximum atomic E-state index is 14.3. The molecule has 15 heteroatoms. The number of carbonyl (C=O) groups is 2. The smallest absolute Gasteiger partial charge is 0.432 e. The van der Waals surface area contributed by atoms with E-state index in [9.17, 15) is 35.9 Å². The zero-order chi connectivity index (χ0) is 31.0. The number of halogens is 6. The molecule has 0 saturated carbocycles. The lowest BCUT2D eigenvalue weighted by atomic mass is 9.92. The van der Waals surface area contributed by atoms with Gasteiger partial charge < -0.3 is 23.7 Å². The lowest BCUT2D eigenvalue weighted by Crippen LogP contribution is -2.54. The molecule has 42 heavy (non-hydrogen) atoms. The first-order valence-electron chi connectivity index (χ1n) is 12.0. The van der Waals surface area contributed by atoms with Crippen molar-refractivity contribution in [3.8, 4) is 6.01 Å². The lowest BCUT2D eigenvalue weighted by Gasteiger charge is -2.34. The van der Waals surface area contributed by atoms with E-state index >= 15 is 0 Å². The van der Waals surface area contributed by atoms with Crippen LogP contribution >= 0.6 is 0 Å². The zero-order valence-electron chi connectivity index (χ0n) is 22.0. The summed E-state index contributed by atoms with van der Waals surface area (Å²) in [7, 11) is 1.26. The Balaban J connectivity index is 1.94. The molecule has 0 spiro atoms. The third-order valence-corrected chi connectivity index (χ3v) is 5.96. The lowest BCUT2D eigenvalue weighted by molar-refractivity contribution is -0.282. The third kappa shape index (κ3) is 6.46. The normalized spacial score (nSPS) is 15.5. The van der Waals surface area contributed by atoms with Crippen molar-refractivity contribution in [3.63, 3.8) is 0 Å². The van der Waals surface area contributed by atoms with Gasteiger partial charge in [0.1, 0.15) is 13.2 Å². The standard InChI is InChI=1S/C27H24F6N2O7/c1-38-24(26(28,29)30,18-10-5-3-6-11-18)21(36)40-16-20(17-41-23-34-14-9-15-35-23)42-22(37)25(39-2,27(31,32)33)19-12-7-4-8-13-19/h3-15,20H,16-17H2,1-2H3/t20-,24-,25-/m0/s1. The van der Waals surface area contributed by atoms with Gasteiger partial charge in [0.05, 0.1) is 0 Å². The van der Waals surface area contributed by atoms with Crippen molar-refractivity contribution >= 4 is 11.9 Å². The topological polar surface area (TPSA) is 106 Å². The SMILES string of the molecule is CO[C@](C(=O)OC[C@@H](COc1ncccn1)OC(=O)[C@@](OC)(c1ccccc1)C(F)(F)F)(c1ccccc1)C(F)(F)F. The van der Waals surface area contributed by atoms with Crippen LogP contribution in [0.15, 0.2) is 79.1 Å². The van der Waals surface area contributed by atoms with Gasteiger partial charge in [-0.25, -0.2) is 19.6 Å². The summed E-state index contributed by atoms with van der Waals surface area (Å²) in [6.07, 6.45) is -10.1. The molecule has 0 unspecified atom stereocenters. The molecule has 3 atom stereocenters. The van der Waals surface area contributed by atoms with Crippen LogP contribution in [-0.2, 0) is 39.7 Å². The van der Waals surface area contributed by atoms with Crippen molar-refractivity contribution in [3.05, 3.63) is 90.3 Å². The summed E-state index contributed by atoms with van der Waals surface area (Å²) in [6.45, 7) is -2.01. The molecule has 0 amide bonds. The number of benzene rings is 2. The van der Waals surface area contributed by atoms with Crippen molar-refractivity contribution in [1.29, 1.82) is 0 Å². The van der Waals surface area contributed by atoms with Crippen LogP contribution in [0.5, 0.6) is 6.01 Å². The Hall–Kier alpha value is -4.24. The summed E-state index contributed by atoms with van der Waals surface area (Å²) in [5.41, 5.74) is -8.54. The number of hydrogen-bond acceptors (Lipinski definition) is 9. The largest absolute Gasteiger partial charge is 0.459 e. The van der Waals surface area contributed by atoms with Crippen molar-refractivity contribution in [2.45, 2.75) is 29.7 Å². The van der Waals surface area contributed by atoms with Gasteiger partial charge in [0.2, 0.25) is 0 Å². The van der Waals surface area contributed by atoms with Crippen molar-refractivity contribution in [2.75, 3.05) is 27.4 Å². The molecule has 0 aliphatic rings. The minimum Gasteiger partial charge on any atom is -0.459 e. The van der Waals surface area contributed by atoms with Gasteiger partial charge >= 0.3 is 30.3 Å². The highest BCUT2D eigenvalue weighted by Gasteiger charge is 2.65. The highest BCUT2D eigenvalue weighted by molar-refractivity contribution is 5.84. The highest BCUT2D eigenvalue weighted by Crippen LogP contribution is 2.44. The summed E-state index contributed by atoms with van der Waals surface area (Å²) >= 11 is 0. The van der Waals surface area contributed by atoms with Crippen molar-refractivity contribution in [1.82, 2.24) is 9.97 Å². The number of hydrogen-bond donors (Lipinski definition) is 0. The molecule has 2 aromatic carbocycles. The molecule has 226 valence electrons. The number of methoxy groups -OCH3 is 2. The molecule has 0 bridgehead atoms. The van der Waals surface area contributed by atoms with Crippen LogP contribution in [-0.4, -0.2) is 67.8 Å². The molecule has 0 N–H and O–H groups in total. The zero-order valence-corrected chi connectivity index (χ0v) is 22.0. The molecular formula is C27H24F6N2O7. The number of rotatable bonds is 12. The Morgan fingerprint density at radius 3 is 1.57 bits per heavy atom. The summed E-state index contributed by atoms with van der Waals surface area (Å²) in [5, 5.41) is 0. The van der Waals surface area contributed by atoms with Gasteiger partial charge in [-0.15, -0.1) is 0 Å². The predicted octanol–water partition coefficient (Wildman–Crippen LogP) is 4.52. The first-order valence-corrected chi connectivity index (χ1v) is 12.0. The Bertz CT molecular complexity index is 1310. The summed E-state index contributed by atoms with van der Waals surface area (Å²) in [4.78, 5) is 33.6. The van der Waals surface area contributed by atoms with Crippen molar-refractivity contribution in [2.24, 2.45) is 0 Å². The van der Waals surface area contributed by atoms with E-state index in [1.807, 2.05) is 0 Å². The molecule has 0 aliphatic carbocycles. The first kappa shape index (κ1) is 32.3. The minimum atomic E-state index is -5.36. The van der Waals surface area contributed by atoms with Gasteiger partial charge in [0.25, 0.3) is 11.2 Å². The van der Waals surface area contributed by atoms with Gasteiger partial charge in [0, 0.05) is 37.7 Å². The molecule has 1 aromatic heterocycles. The van der Waals surface area contributed by atoms with Crippen LogP contribution in [0.3, 0.4) is 0 Å². The monoisotopic (exact) mass is 602 g/mol. The Morgan fingerprint density at radius 1 is 0.690 bits per heavy atom. The van der Waals surface area contributed by atoms with E-state index in [2.05, 4.69) is 19.4 Å². The second-order valence-electron chi connectivity index (χ2n) is 8.47. The molecule has 0 saturated heterocycles. The van der Waals surface area contributed by atoms with Crippen LogP contribution in [0.4, 0.5) is 26.3 Å². The number of esters is 2. The summed E-state index contributed by atoms with van der Waals surface area (Å²) in [6, 6.07) is 12.7. The fraction of sp³-hybridized carbons (Fsp3) is 0.333. The number of alkyl halides is 6. The molecule has 0 fully saturated rings. The summed E-state index contributed by atoms with van der Waals surface area (Å²) in [5.74, 6) is -3.98. The molecule has 9 nitrogen and oxygen atoms in total. The van der Waals surface area contributed by atoms with E-state index in [1.165, 1.54) is 54.9 Å². The number of carbonyl (C=O) groups excluding carboxylic acids is 2. The molecule has 0 aliphatic heterocycles. The fourth-order valence-electron chi connectivity index (χ4n) is 3.92. The van der Waals surface area contributed by atoms with E-state index < -0.39 is 65.9 Å². The van der Waals surface area contributed by atoms with E-state index in [0.29, 0.717) is 14.2 Å². The van der Waals surface area contributed by atoms with Gasteiger partial charge in [-0.1, -0.05) is 60.7 Å². The number of ether oxygens (including phenoxy) is 5. The first-order chi connectivity index (χ1) is 19.8. The fourth-order valence-corrected chi connectivity index (χ4v) is 3.92. The molecule has 1 heterocycles. The Labute approximate surface area is 235 Å². The van der Waals surface area contributed by atoms with Crippen LogP contribution in [0, 0.1) is 0 Å². The van der Waals surface area contributed by atoms with Crippen LogP contribution in [0.1, 0.15) is 11.1 Å². The summed E-state index contributed by atoms with van der Waals surface area (Å²) < 4.78 is 110. The van der Waals surface area contributed by atoms with Crippen LogP contribution < -0.4 is 4.74 Å². The molecular weight excluding hydrogens is 578 g/mol. The number of aromatic nitrogens is 2. The maximum Gasteiger partial charge on any atom is 0.432 e. The predicted molar refractivity (Wildman–Crippen MR) is 131 cm³/mol. The van der Waals surface area contributed by atoms with Crippen LogP contribution in [0.2, 0.25) is 0 Å². The molecule has 0 radical (unpaired) electrons. The van der Waals surface area contributed by atoms with E-state index in [1.54, 1.807) is 0 Å².